The van der Waals surface area contributed by atoms with Crippen molar-refractivity contribution in [2.75, 3.05) is 0 Å². The van der Waals surface area contributed by atoms with Crippen molar-refractivity contribution in [1.82, 2.24) is 10.6 Å². The minimum Gasteiger partial charge on any atom is -0.350 e. The summed E-state index contributed by atoms with van der Waals surface area (Å²) in [5.41, 5.74) is 2.40. The fraction of sp³-hybridized carbons (Fsp3) is 0.467. The third-order valence-electron chi connectivity index (χ3n) is 3.34. The minimum atomic E-state index is -0.355. The maximum Gasteiger partial charge on any atom is 0.242 e. The van der Waals surface area contributed by atoms with Gasteiger partial charge in [-0.25, -0.2) is 0 Å². The number of carbonyl (C=O) groups is 2. The topological polar surface area (TPSA) is 58.2 Å². The van der Waals surface area contributed by atoms with Gasteiger partial charge in [0, 0.05) is 13.0 Å². The maximum atomic E-state index is 11.8. The van der Waals surface area contributed by atoms with E-state index in [1.807, 2.05) is 12.1 Å². The summed E-state index contributed by atoms with van der Waals surface area (Å²) in [5, 5.41) is 5.52. The molecule has 0 spiro atoms. The molecule has 4 heteroatoms. The molecule has 1 unspecified atom stereocenters. The van der Waals surface area contributed by atoms with Gasteiger partial charge in [0.05, 0.1) is 0 Å². The summed E-state index contributed by atoms with van der Waals surface area (Å²) < 4.78 is 0. The number of carbonyl (C=O) groups excluding carboxylic acids is 2. The van der Waals surface area contributed by atoms with Crippen molar-refractivity contribution in [3.63, 3.8) is 0 Å². The highest BCUT2D eigenvalue weighted by Gasteiger charge is 2.26. The summed E-state index contributed by atoms with van der Waals surface area (Å²) in [4.78, 5) is 22.8. The molecule has 0 bridgehead atoms. The molecule has 2 rings (SSSR count). The molecule has 1 heterocycles. The lowest BCUT2D eigenvalue weighted by Gasteiger charge is -2.11. The summed E-state index contributed by atoms with van der Waals surface area (Å²) in [6, 6.07) is 7.92. The lowest BCUT2D eigenvalue weighted by molar-refractivity contribution is -0.125. The van der Waals surface area contributed by atoms with Crippen LogP contribution < -0.4 is 10.6 Å². The Morgan fingerprint density at radius 3 is 2.58 bits per heavy atom. The molecule has 102 valence electrons. The van der Waals surface area contributed by atoms with E-state index in [0.29, 0.717) is 19.4 Å². The number of nitrogens with one attached hydrogen (secondary N) is 2. The first-order valence-corrected chi connectivity index (χ1v) is 6.84. The Labute approximate surface area is 113 Å². The molecule has 2 N–H and O–H groups in total. The molecule has 4 nitrogen and oxygen atoms in total. The molecule has 1 saturated heterocycles. The number of rotatable bonds is 5. The molecule has 0 radical (unpaired) electrons. The summed E-state index contributed by atoms with van der Waals surface area (Å²) in [6.07, 6.45) is 3.27. The normalized spacial score (nSPS) is 18.2. The zero-order valence-corrected chi connectivity index (χ0v) is 11.2. The fourth-order valence-corrected chi connectivity index (χ4v) is 2.24. The van der Waals surface area contributed by atoms with Gasteiger partial charge in [0.2, 0.25) is 11.8 Å². The van der Waals surface area contributed by atoms with Crippen LogP contribution in [0.5, 0.6) is 0 Å². The van der Waals surface area contributed by atoms with E-state index in [9.17, 15) is 9.59 Å². The van der Waals surface area contributed by atoms with E-state index >= 15 is 0 Å². The lowest BCUT2D eigenvalue weighted by Crippen LogP contribution is -2.41. The molecule has 1 atom stereocenters. The minimum absolute atomic E-state index is 0.0379. The van der Waals surface area contributed by atoms with E-state index < -0.39 is 0 Å². The SMILES string of the molecule is CCCc1ccc(CNC(=O)C2CCC(=O)N2)cc1. The van der Waals surface area contributed by atoms with Gasteiger partial charge in [-0.2, -0.15) is 0 Å². The second-order valence-corrected chi connectivity index (χ2v) is 4.94. The van der Waals surface area contributed by atoms with Gasteiger partial charge in [-0.05, 0) is 24.0 Å². The molecule has 1 fully saturated rings. The van der Waals surface area contributed by atoms with E-state index in [-0.39, 0.29) is 17.9 Å². The lowest BCUT2D eigenvalue weighted by atomic mass is 10.1. The van der Waals surface area contributed by atoms with Crippen molar-refractivity contribution in [3.8, 4) is 0 Å². The third-order valence-corrected chi connectivity index (χ3v) is 3.34. The van der Waals surface area contributed by atoms with Gasteiger partial charge >= 0.3 is 0 Å². The number of hydrogen-bond donors (Lipinski definition) is 2. The van der Waals surface area contributed by atoms with Crippen LogP contribution >= 0.6 is 0 Å². The molecule has 19 heavy (non-hydrogen) atoms. The van der Waals surface area contributed by atoms with Gasteiger partial charge in [0.15, 0.2) is 0 Å². The Morgan fingerprint density at radius 1 is 1.32 bits per heavy atom. The molecule has 0 aliphatic carbocycles. The monoisotopic (exact) mass is 260 g/mol. The molecule has 1 aromatic carbocycles. The van der Waals surface area contributed by atoms with Crippen LogP contribution in [-0.2, 0) is 22.6 Å². The van der Waals surface area contributed by atoms with Crippen LogP contribution in [0.4, 0.5) is 0 Å². The predicted molar refractivity (Wildman–Crippen MR) is 73.4 cm³/mol. The summed E-state index contributed by atoms with van der Waals surface area (Å²) >= 11 is 0. The van der Waals surface area contributed by atoms with Gasteiger partial charge in [0.1, 0.15) is 6.04 Å². The van der Waals surface area contributed by atoms with Crippen LogP contribution in [0.15, 0.2) is 24.3 Å². The Kier molecular flexibility index (Phi) is 4.55. The van der Waals surface area contributed by atoms with E-state index in [1.165, 1.54) is 5.56 Å². The standard InChI is InChI=1S/C15H20N2O2/c1-2-3-11-4-6-12(7-5-11)10-16-15(19)13-8-9-14(18)17-13/h4-7,13H,2-3,8-10H2,1H3,(H,16,19)(H,17,18). The van der Waals surface area contributed by atoms with Gasteiger partial charge in [-0.15, -0.1) is 0 Å². The fourth-order valence-electron chi connectivity index (χ4n) is 2.24. The number of hydrogen-bond acceptors (Lipinski definition) is 2. The van der Waals surface area contributed by atoms with Gasteiger partial charge in [-0.3, -0.25) is 9.59 Å². The number of benzene rings is 1. The number of aryl methyl sites for hydroxylation is 1. The molecule has 0 aromatic heterocycles. The van der Waals surface area contributed by atoms with Crippen molar-refractivity contribution < 1.29 is 9.59 Å². The Hall–Kier alpha value is -1.84. The first-order valence-electron chi connectivity index (χ1n) is 6.84. The zero-order valence-electron chi connectivity index (χ0n) is 11.2. The molecular formula is C15H20N2O2. The molecule has 1 aliphatic rings. The smallest absolute Gasteiger partial charge is 0.242 e. The van der Waals surface area contributed by atoms with Gasteiger partial charge in [0.25, 0.3) is 0 Å². The van der Waals surface area contributed by atoms with Crippen molar-refractivity contribution >= 4 is 11.8 Å². The highest BCUT2D eigenvalue weighted by atomic mass is 16.2. The molecular weight excluding hydrogens is 240 g/mol. The highest BCUT2D eigenvalue weighted by molar-refractivity contribution is 5.90. The van der Waals surface area contributed by atoms with Crippen LogP contribution in [0.2, 0.25) is 0 Å². The van der Waals surface area contributed by atoms with Crippen molar-refractivity contribution in [3.05, 3.63) is 35.4 Å². The van der Waals surface area contributed by atoms with Crippen LogP contribution in [0.1, 0.15) is 37.3 Å². The molecule has 1 aromatic rings. The van der Waals surface area contributed by atoms with Crippen LogP contribution in [0.25, 0.3) is 0 Å². The van der Waals surface area contributed by atoms with Crippen molar-refractivity contribution in [1.29, 1.82) is 0 Å². The van der Waals surface area contributed by atoms with Crippen molar-refractivity contribution in [2.24, 2.45) is 0 Å². The van der Waals surface area contributed by atoms with Crippen molar-refractivity contribution in [2.45, 2.75) is 45.2 Å². The Morgan fingerprint density at radius 2 is 2.00 bits per heavy atom. The van der Waals surface area contributed by atoms with Crippen LogP contribution in [0.3, 0.4) is 0 Å². The molecule has 1 aliphatic heterocycles. The average Bonchev–Trinajstić information content (AvgIpc) is 2.85. The second kappa shape index (κ2) is 6.36. The highest BCUT2D eigenvalue weighted by Crippen LogP contribution is 2.08. The summed E-state index contributed by atoms with van der Waals surface area (Å²) in [6.45, 7) is 2.67. The Balaban J connectivity index is 1.81. The number of amides is 2. The second-order valence-electron chi connectivity index (χ2n) is 4.94. The van der Waals surface area contributed by atoms with Gasteiger partial charge < -0.3 is 10.6 Å². The quantitative estimate of drug-likeness (QED) is 0.843. The van der Waals surface area contributed by atoms with Crippen LogP contribution in [-0.4, -0.2) is 17.9 Å². The molecule has 2 amide bonds. The van der Waals surface area contributed by atoms with Crippen LogP contribution in [0, 0.1) is 0 Å². The van der Waals surface area contributed by atoms with Gasteiger partial charge in [-0.1, -0.05) is 37.6 Å². The maximum absolute atomic E-state index is 11.8. The first kappa shape index (κ1) is 13.6. The zero-order chi connectivity index (χ0) is 13.7. The third kappa shape index (κ3) is 3.81. The van der Waals surface area contributed by atoms with E-state index in [0.717, 1.165) is 18.4 Å². The van der Waals surface area contributed by atoms with E-state index in [4.69, 9.17) is 0 Å². The van der Waals surface area contributed by atoms with E-state index in [2.05, 4.69) is 29.7 Å². The first-order chi connectivity index (χ1) is 9.19. The largest absolute Gasteiger partial charge is 0.350 e. The summed E-state index contributed by atoms with van der Waals surface area (Å²) in [7, 11) is 0. The predicted octanol–water partition coefficient (Wildman–Crippen LogP) is 1.53. The molecule has 0 saturated carbocycles. The summed E-state index contributed by atoms with van der Waals surface area (Å²) in [5.74, 6) is -0.132. The Bertz CT molecular complexity index is 454. The van der Waals surface area contributed by atoms with E-state index in [1.54, 1.807) is 0 Å². The average molecular weight is 260 g/mol.